The molecule has 0 N–H and O–H groups in total. The quantitative estimate of drug-likeness (QED) is 0.561. The molecule has 0 aliphatic rings. The molecule has 1 aromatic carbocycles. The van der Waals surface area contributed by atoms with E-state index in [9.17, 15) is 9.59 Å². The minimum Gasteiger partial charge on any atom is -0.371 e. The van der Waals surface area contributed by atoms with Crippen LogP contribution in [0.1, 0.15) is 95.5 Å². The Labute approximate surface area is 190 Å². The zero-order chi connectivity index (χ0) is 24.2. The van der Waals surface area contributed by atoms with E-state index in [2.05, 4.69) is 41.5 Å². The van der Waals surface area contributed by atoms with E-state index in [0.717, 1.165) is 5.56 Å². The van der Waals surface area contributed by atoms with Gasteiger partial charge in [0.2, 0.25) is 0 Å². The van der Waals surface area contributed by atoms with Crippen LogP contribution in [-0.4, -0.2) is 53.9 Å². The summed E-state index contributed by atoms with van der Waals surface area (Å²) in [5.74, 6) is -0.136. The number of carbonyl (C=O) groups excluding carboxylic acids is 2. The Balaban J connectivity index is 3.35. The molecule has 2 amide bonds. The number of rotatable bonds is 7. The number of nitrogens with zero attached hydrogens (tertiary/aromatic N) is 2. The summed E-state index contributed by atoms with van der Waals surface area (Å²) < 4.78 is 5.94. The second-order valence-corrected chi connectivity index (χ2v) is 11.9. The van der Waals surface area contributed by atoms with Crippen molar-refractivity contribution in [3.8, 4) is 0 Å². The summed E-state index contributed by atoms with van der Waals surface area (Å²) >= 11 is 0. The number of hydrogen-bond donors (Lipinski definition) is 0. The predicted octanol–water partition coefficient (Wildman–Crippen LogP) is 5.63. The molecule has 31 heavy (non-hydrogen) atoms. The first-order valence-corrected chi connectivity index (χ1v) is 11.2. The Bertz CT molecular complexity index is 764. The van der Waals surface area contributed by atoms with Crippen molar-refractivity contribution >= 4 is 11.8 Å². The van der Waals surface area contributed by atoms with Crippen molar-refractivity contribution < 1.29 is 14.3 Å². The molecular formula is C26H44N2O3. The van der Waals surface area contributed by atoms with Gasteiger partial charge < -0.3 is 14.5 Å². The second kappa shape index (κ2) is 10.2. The summed E-state index contributed by atoms with van der Waals surface area (Å²) in [5, 5.41) is 0. The van der Waals surface area contributed by atoms with E-state index in [1.54, 1.807) is 11.0 Å². The summed E-state index contributed by atoms with van der Waals surface area (Å²) in [6, 6.07) is 5.44. The first kappa shape index (κ1) is 27.2. The molecule has 0 saturated heterocycles. The van der Waals surface area contributed by atoms with Gasteiger partial charge in [0.15, 0.2) is 0 Å². The lowest BCUT2D eigenvalue weighted by atomic mass is 9.95. The lowest BCUT2D eigenvalue weighted by molar-refractivity contribution is -0.0149. The molecule has 176 valence electrons. The molecule has 0 aliphatic carbocycles. The van der Waals surface area contributed by atoms with E-state index in [0.29, 0.717) is 37.4 Å². The van der Waals surface area contributed by atoms with Gasteiger partial charge in [-0.2, -0.15) is 0 Å². The topological polar surface area (TPSA) is 49.9 Å². The normalized spacial score (nSPS) is 12.6. The fourth-order valence-corrected chi connectivity index (χ4v) is 3.41. The highest BCUT2D eigenvalue weighted by atomic mass is 16.5. The van der Waals surface area contributed by atoms with Crippen molar-refractivity contribution in [2.75, 3.05) is 26.7 Å². The Morgan fingerprint density at radius 2 is 1.29 bits per heavy atom. The van der Waals surface area contributed by atoms with Gasteiger partial charge in [0.1, 0.15) is 0 Å². The molecule has 0 fully saturated rings. The first-order valence-electron chi connectivity index (χ1n) is 11.2. The number of benzene rings is 1. The highest BCUT2D eigenvalue weighted by Crippen LogP contribution is 2.22. The molecule has 0 bridgehead atoms. The Hall–Kier alpha value is -1.88. The van der Waals surface area contributed by atoms with E-state index < -0.39 is 0 Å². The summed E-state index contributed by atoms with van der Waals surface area (Å²) in [7, 11) is 1.81. The largest absolute Gasteiger partial charge is 0.371 e. The van der Waals surface area contributed by atoms with Crippen LogP contribution in [0.15, 0.2) is 18.2 Å². The van der Waals surface area contributed by atoms with Gasteiger partial charge in [-0.05, 0) is 62.3 Å². The maximum atomic E-state index is 13.3. The van der Waals surface area contributed by atoms with Gasteiger partial charge in [0.05, 0.1) is 12.2 Å². The van der Waals surface area contributed by atoms with Gasteiger partial charge in [-0.15, -0.1) is 0 Å². The van der Waals surface area contributed by atoms with E-state index in [-0.39, 0.29) is 28.2 Å². The van der Waals surface area contributed by atoms with Gasteiger partial charge in [0, 0.05) is 37.8 Å². The number of carbonyl (C=O) groups is 2. The Morgan fingerprint density at radius 3 is 1.71 bits per heavy atom. The van der Waals surface area contributed by atoms with Crippen molar-refractivity contribution in [3.05, 3.63) is 34.9 Å². The van der Waals surface area contributed by atoms with Crippen LogP contribution in [0.3, 0.4) is 0 Å². The summed E-state index contributed by atoms with van der Waals surface area (Å²) in [5.41, 5.74) is 1.56. The molecule has 1 aromatic rings. The Morgan fingerprint density at radius 1 is 0.806 bits per heavy atom. The van der Waals surface area contributed by atoms with Crippen molar-refractivity contribution in [1.82, 2.24) is 9.80 Å². The van der Waals surface area contributed by atoms with Gasteiger partial charge in [-0.3, -0.25) is 9.59 Å². The van der Waals surface area contributed by atoms with Crippen LogP contribution in [-0.2, 0) is 11.3 Å². The number of amides is 2. The zero-order valence-corrected chi connectivity index (χ0v) is 21.7. The zero-order valence-electron chi connectivity index (χ0n) is 21.7. The highest BCUT2D eigenvalue weighted by Gasteiger charge is 2.24. The molecule has 5 heteroatoms. The summed E-state index contributed by atoms with van der Waals surface area (Å²) in [6.45, 7) is 22.9. The monoisotopic (exact) mass is 432 g/mol. The van der Waals surface area contributed by atoms with Crippen molar-refractivity contribution in [1.29, 1.82) is 0 Å². The maximum Gasteiger partial charge on any atom is 0.253 e. The number of ether oxygens (including phenoxy) is 1. The average molecular weight is 433 g/mol. The second-order valence-electron chi connectivity index (χ2n) is 11.9. The van der Waals surface area contributed by atoms with Crippen LogP contribution in [0, 0.1) is 10.8 Å². The minimum atomic E-state index is -0.311. The average Bonchev–Trinajstić information content (AvgIpc) is 2.60. The minimum absolute atomic E-state index is 0.00972. The molecule has 0 unspecified atom stereocenters. The Kier molecular flexibility index (Phi) is 8.90. The van der Waals surface area contributed by atoms with Crippen LogP contribution in [0.4, 0.5) is 0 Å². The van der Waals surface area contributed by atoms with Gasteiger partial charge in [-0.1, -0.05) is 41.5 Å². The van der Waals surface area contributed by atoms with Gasteiger partial charge >= 0.3 is 0 Å². The van der Waals surface area contributed by atoms with Crippen molar-refractivity contribution in [2.24, 2.45) is 10.8 Å². The molecule has 0 saturated carbocycles. The van der Waals surface area contributed by atoms with Crippen LogP contribution < -0.4 is 0 Å². The van der Waals surface area contributed by atoms with Crippen LogP contribution in [0.2, 0.25) is 0 Å². The van der Waals surface area contributed by atoms with Crippen molar-refractivity contribution in [3.63, 3.8) is 0 Å². The first-order chi connectivity index (χ1) is 13.9. The van der Waals surface area contributed by atoms with Crippen molar-refractivity contribution in [2.45, 2.75) is 81.4 Å². The molecule has 0 atom stereocenters. The summed E-state index contributed by atoms with van der Waals surface area (Å²) in [6.07, 6.45) is 0. The van der Waals surface area contributed by atoms with E-state index in [4.69, 9.17) is 4.74 Å². The molecular weight excluding hydrogens is 388 g/mol. The fourth-order valence-electron chi connectivity index (χ4n) is 3.41. The molecule has 5 nitrogen and oxygen atoms in total. The standard InChI is InChI=1S/C26H44N2O3/c1-12-28(18-25(5,6)7)23(30)21-14-19(16-31-26(8,9)10)13-20(15-21)22(29)27(11)17-24(2,3)4/h13-15H,12,16-18H2,1-11H3. The van der Waals surface area contributed by atoms with E-state index in [1.165, 1.54) is 0 Å². The van der Waals surface area contributed by atoms with E-state index in [1.807, 2.05) is 51.8 Å². The molecule has 1 rings (SSSR count). The smallest absolute Gasteiger partial charge is 0.253 e. The lowest BCUT2D eigenvalue weighted by Crippen LogP contribution is -2.38. The third-order valence-corrected chi connectivity index (χ3v) is 4.55. The molecule has 0 aliphatic heterocycles. The van der Waals surface area contributed by atoms with Crippen LogP contribution in [0.25, 0.3) is 0 Å². The third-order valence-electron chi connectivity index (χ3n) is 4.55. The molecule has 0 heterocycles. The lowest BCUT2D eigenvalue weighted by Gasteiger charge is -2.30. The van der Waals surface area contributed by atoms with Crippen LogP contribution >= 0.6 is 0 Å². The number of hydrogen-bond acceptors (Lipinski definition) is 3. The van der Waals surface area contributed by atoms with E-state index >= 15 is 0 Å². The molecule has 0 spiro atoms. The third kappa shape index (κ3) is 9.86. The van der Waals surface area contributed by atoms with Crippen LogP contribution in [0.5, 0.6) is 0 Å². The molecule has 0 radical (unpaired) electrons. The van der Waals surface area contributed by atoms with Gasteiger partial charge in [-0.25, -0.2) is 0 Å². The summed E-state index contributed by atoms with van der Waals surface area (Å²) in [4.78, 5) is 30.1. The van der Waals surface area contributed by atoms with Gasteiger partial charge in [0.25, 0.3) is 11.8 Å². The maximum absolute atomic E-state index is 13.3. The predicted molar refractivity (Wildman–Crippen MR) is 128 cm³/mol. The molecule has 0 aromatic heterocycles. The highest BCUT2D eigenvalue weighted by molar-refractivity contribution is 6.00. The SMILES string of the molecule is CCN(CC(C)(C)C)C(=O)c1cc(COC(C)(C)C)cc(C(=O)N(C)CC(C)(C)C)c1. The fraction of sp³-hybridized carbons (Fsp3) is 0.692.